The van der Waals surface area contributed by atoms with E-state index in [1.54, 1.807) is 0 Å². The first-order chi connectivity index (χ1) is 7.93. The Labute approximate surface area is 105 Å². The number of halogens is 2. The van der Waals surface area contributed by atoms with Gasteiger partial charge in [0.15, 0.2) is 11.6 Å². The molecule has 0 saturated carbocycles. The number of amides is 1. The van der Waals surface area contributed by atoms with E-state index in [-0.39, 0.29) is 11.4 Å². The number of carbonyl (C=O) groups excluding carboxylic acids is 1. The normalized spacial score (nSPS) is 9.82. The van der Waals surface area contributed by atoms with Gasteiger partial charge in [-0.2, -0.15) is 0 Å². The number of carboxylic acids is 1. The fourth-order valence-corrected chi connectivity index (χ4v) is 1.53. The molecule has 0 radical (unpaired) electrons. The highest BCUT2D eigenvalue weighted by molar-refractivity contribution is 9.10. The highest BCUT2D eigenvalue weighted by Crippen LogP contribution is 2.30. The maximum absolute atomic E-state index is 13.2. The summed E-state index contributed by atoms with van der Waals surface area (Å²) in [6.45, 7) is 0. The lowest BCUT2D eigenvalue weighted by Gasteiger charge is -2.09. The van der Waals surface area contributed by atoms with Crippen molar-refractivity contribution in [3.8, 4) is 5.75 Å². The Kier molecular flexibility index (Phi) is 4.45. The minimum absolute atomic E-state index is 0.0428. The predicted molar refractivity (Wildman–Crippen MR) is 61.5 cm³/mol. The molecule has 1 aromatic rings. The first-order valence-electron chi connectivity index (χ1n) is 4.48. The molecule has 17 heavy (non-hydrogen) atoms. The lowest BCUT2D eigenvalue weighted by molar-refractivity contribution is -0.139. The summed E-state index contributed by atoms with van der Waals surface area (Å²) in [7, 11) is 1.29. The van der Waals surface area contributed by atoms with Crippen LogP contribution in [0.2, 0.25) is 0 Å². The molecule has 5 nitrogen and oxygen atoms in total. The molecule has 1 aromatic carbocycles. The molecule has 1 rings (SSSR count). The molecule has 0 bridgehead atoms. The molecule has 2 N–H and O–H groups in total. The van der Waals surface area contributed by atoms with Crippen molar-refractivity contribution in [1.82, 2.24) is 0 Å². The summed E-state index contributed by atoms with van der Waals surface area (Å²) in [5, 5.41) is 10.7. The third kappa shape index (κ3) is 3.70. The predicted octanol–water partition coefficient (Wildman–Crippen LogP) is 2.01. The van der Waals surface area contributed by atoms with Gasteiger partial charge in [-0.3, -0.25) is 9.59 Å². The lowest BCUT2D eigenvalue weighted by atomic mass is 10.2. The number of rotatable bonds is 4. The molecule has 0 heterocycles. The van der Waals surface area contributed by atoms with Gasteiger partial charge in [0.25, 0.3) is 0 Å². The van der Waals surface area contributed by atoms with Gasteiger partial charge in [0.2, 0.25) is 5.91 Å². The van der Waals surface area contributed by atoms with Crippen LogP contribution in [-0.2, 0) is 9.59 Å². The molecule has 0 aliphatic rings. The second kappa shape index (κ2) is 5.62. The van der Waals surface area contributed by atoms with Crippen LogP contribution in [0.4, 0.5) is 10.1 Å². The van der Waals surface area contributed by atoms with Crippen LogP contribution in [0.25, 0.3) is 0 Å². The number of ether oxygens (including phenoxy) is 1. The monoisotopic (exact) mass is 305 g/mol. The summed E-state index contributed by atoms with van der Waals surface area (Å²) in [6.07, 6.45) is -0.661. The van der Waals surface area contributed by atoms with Crippen LogP contribution in [0.3, 0.4) is 0 Å². The van der Waals surface area contributed by atoms with Crippen molar-refractivity contribution < 1.29 is 23.8 Å². The molecule has 0 fully saturated rings. The largest absolute Gasteiger partial charge is 0.494 e. The van der Waals surface area contributed by atoms with Gasteiger partial charge in [-0.15, -0.1) is 0 Å². The van der Waals surface area contributed by atoms with Gasteiger partial charge < -0.3 is 15.2 Å². The molecule has 1 amide bonds. The summed E-state index contributed by atoms with van der Waals surface area (Å²) in [6, 6.07) is 2.38. The fraction of sp³-hybridized carbons (Fsp3) is 0.200. The Hall–Kier alpha value is -1.63. The van der Waals surface area contributed by atoms with E-state index in [2.05, 4.69) is 21.2 Å². The van der Waals surface area contributed by atoms with Gasteiger partial charge >= 0.3 is 5.97 Å². The number of anilines is 1. The van der Waals surface area contributed by atoms with E-state index in [1.165, 1.54) is 13.2 Å². The van der Waals surface area contributed by atoms with Crippen LogP contribution in [0, 0.1) is 5.82 Å². The second-order valence-corrected chi connectivity index (χ2v) is 3.94. The molecular weight excluding hydrogens is 297 g/mol. The standard InChI is InChI=1S/C10H9BrFNO4/c1-17-8-3-7(5(11)2-6(8)12)13-9(14)4-10(15)16/h2-3H,4H2,1H3,(H,13,14)(H,15,16). The first-order valence-corrected chi connectivity index (χ1v) is 5.28. The molecule has 0 aromatic heterocycles. The summed E-state index contributed by atoms with van der Waals surface area (Å²) in [5.74, 6) is -2.58. The van der Waals surface area contributed by atoms with Crippen molar-refractivity contribution in [2.45, 2.75) is 6.42 Å². The van der Waals surface area contributed by atoms with E-state index in [0.29, 0.717) is 4.47 Å². The van der Waals surface area contributed by atoms with Gasteiger partial charge in [0.05, 0.1) is 12.8 Å². The SMILES string of the molecule is COc1cc(NC(=O)CC(=O)O)c(Br)cc1F. The Morgan fingerprint density at radius 2 is 2.18 bits per heavy atom. The van der Waals surface area contributed by atoms with Crippen molar-refractivity contribution >= 4 is 33.5 Å². The molecule has 0 unspecified atom stereocenters. The zero-order valence-electron chi connectivity index (χ0n) is 8.79. The summed E-state index contributed by atoms with van der Waals surface area (Å²) in [4.78, 5) is 21.5. The molecule has 0 atom stereocenters. The minimum Gasteiger partial charge on any atom is -0.494 e. The Balaban J connectivity index is 2.91. The number of methoxy groups -OCH3 is 1. The number of hydrogen-bond donors (Lipinski definition) is 2. The Morgan fingerprint density at radius 3 is 2.71 bits per heavy atom. The van der Waals surface area contributed by atoms with Crippen LogP contribution >= 0.6 is 15.9 Å². The molecule has 0 aliphatic heterocycles. The van der Waals surface area contributed by atoms with Crippen molar-refractivity contribution in [2.24, 2.45) is 0 Å². The molecule has 0 aliphatic carbocycles. The molecule has 92 valence electrons. The average Bonchev–Trinajstić information content (AvgIpc) is 2.20. The quantitative estimate of drug-likeness (QED) is 0.834. The number of hydrogen-bond acceptors (Lipinski definition) is 3. The number of aliphatic carboxylic acids is 1. The van der Waals surface area contributed by atoms with E-state index >= 15 is 0 Å². The van der Waals surface area contributed by atoms with Crippen LogP contribution in [0.5, 0.6) is 5.75 Å². The summed E-state index contributed by atoms with van der Waals surface area (Å²) in [5.41, 5.74) is 0.245. The van der Waals surface area contributed by atoms with Gasteiger partial charge in [0.1, 0.15) is 6.42 Å². The highest BCUT2D eigenvalue weighted by Gasteiger charge is 2.13. The van der Waals surface area contributed by atoms with Crippen molar-refractivity contribution in [2.75, 3.05) is 12.4 Å². The van der Waals surface area contributed by atoms with Gasteiger partial charge in [-0.1, -0.05) is 0 Å². The van der Waals surface area contributed by atoms with E-state index in [9.17, 15) is 14.0 Å². The molecule has 0 saturated heterocycles. The van der Waals surface area contributed by atoms with Gasteiger partial charge in [0, 0.05) is 10.5 Å². The van der Waals surface area contributed by atoms with Crippen molar-refractivity contribution in [3.05, 3.63) is 22.4 Å². The summed E-state index contributed by atoms with van der Waals surface area (Å²) >= 11 is 3.05. The summed E-state index contributed by atoms with van der Waals surface area (Å²) < 4.78 is 18.3. The van der Waals surface area contributed by atoms with Crippen LogP contribution in [0.1, 0.15) is 6.42 Å². The number of benzene rings is 1. The van der Waals surface area contributed by atoms with Gasteiger partial charge in [-0.05, 0) is 22.0 Å². The van der Waals surface area contributed by atoms with Gasteiger partial charge in [-0.25, -0.2) is 4.39 Å². The molecule has 0 spiro atoms. The fourth-order valence-electron chi connectivity index (χ4n) is 1.11. The van der Waals surface area contributed by atoms with E-state index in [4.69, 9.17) is 9.84 Å². The Bertz CT molecular complexity index is 464. The lowest BCUT2D eigenvalue weighted by Crippen LogP contribution is -2.16. The number of carbonyl (C=O) groups is 2. The third-order valence-corrected chi connectivity index (χ3v) is 2.48. The van der Waals surface area contributed by atoms with E-state index in [0.717, 1.165) is 6.07 Å². The van der Waals surface area contributed by atoms with Crippen LogP contribution in [-0.4, -0.2) is 24.1 Å². The second-order valence-electron chi connectivity index (χ2n) is 3.09. The Morgan fingerprint density at radius 1 is 1.53 bits per heavy atom. The van der Waals surface area contributed by atoms with E-state index in [1.807, 2.05) is 0 Å². The minimum atomic E-state index is -1.24. The topological polar surface area (TPSA) is 75.6 Å². The number of carboxylic acid groups (broad SMARTS) is 1. The van der Waals surface area contributed by atoms with E-state index < -0.39 is 24.1 Å². The van der Waals surface area contributed by atoms with Crippen molar-refractivity contribution in [1.29, 1.82) is 0 Å². The number of nitrogens with one attached hydrogen (secondary N) is 1. The average molecular weight is 306 g/mol. The highest BCUT2D eigenvalue weighted by atomic mass is 79.9. The smallest absolute Gasteiger partial charge is 0.312 e. The zero-order chi connectivity index (χ0) is 13.0. The van der Waals surface area contributed by atoms with Crippen molar-refractivity contribution in [3.63, 3.8) is 0 Å². The first kappa shape index (κ1) is 13.4. The maximum atomic E-state index is 13.2. The third-order valence-electron chi connectivity index (χ3n) is 1.83. The maximum Gasteiger partial charge on any atom is 0.312 e. The van der Waals surface area contributed by atoms with Crippen LogP contribution < -0.4 is 10.1 Å². The zero-order valence-corrected chi connectivity index (χ0v) is 10.4. The molecule has 7 heteroatoms. The molecular formula is C10H9BrFNO4. The van der Waals surface area contributed by atoms with Crippen LogP contribution in [0.15, 0.2) is 16.6 Å².